The molecule has 1 spiro atoms. The van der Waals surface area contributed by atoms with Crippen LogP contribution in [0, 0.1) is 0 Å². The van der Waals surface area contributed by atoms with Crippen LogP contribution in [0.25, 0.3) is 0 Å². The van der Waals surface area contributed by atoms with E-state index in [2.05, 4.69) is 5.32 Å². The highest BCUT2D eigenvalue weighted by Crippen LogP contribution is 2.34. The highest BCUT2D eigenvalue weighted by molar-refractivity contribution is 6.30. The molecule has 2 aliphatic heterocycles. The maximum Gasteiger partial charge on any atom is 0.344 e. The highest BCUT2D eigenvalue weighted by atomic mass is 35.5. The van der Waals surface area contributed by atoms with Crippen molar-refractivity contribution in [3.63, 3.8) is 0 Å². The fraction of sp³-hybridized carbons (Fsp3) is 0.273. The minimum absolute atomic E-state index is 0.255. The van der Waals surface area contributed by atoms with Gasteiger partial charge in [-0.3, -0.25) is 10.1 Å². The summed E-state index contributed by atoms with van der Waals surface area (Å²) in [5.74, 6) is -2.29. The fourth-order valence-corrected chi connectivity index (χ4v) is 2.13. The minimum Gasteiger partial charge on any atom is -0.322 e. The molecule has 2 fully saturated rings. The lowest BCUT2D eigenvalue weighted by Gasteiger charge is -2.28. The van der Waals surface area contributed by atoms with Gasteiger partial charge in [0.2, 0.25) is 0 Å². The number of ether oxygens (including phenoxy) is 2. The largest absolute Gasteiger partial charge is 0.344 e. The summed E-state index contributed by atoms with van der Waals surface area (Å²) in [6.07, 6.45) is 0. The molecule has 0 radical (unpaired) electrons. The van der Waals surface area contributed by atoms with Crippen molar-refractivity contribution in [3.8, 4) is 0 Å². The Balaban J connectivity index is 2.05. The zero-order chi connectivity index (χ0) is 12.8. The summed E-state index contributed by atoms with van der Waals surface area (Å²) in [6.45, 7) is 0.510. The average Bonchev–Trinajstić information content (AvgIpc) is 2.90. The van der Waals surface area contributed by atoms with Gasteiger partial charge >= 0.3 is 17.8 Å². The van der Waals surface area contributed by atoms with Crippen LogP contribution in [-0.4, -0.2) is 31.1 Å². The van der Waals surface area contributed by atoms with Gasteiger partial charge in [-0.15, -0.1) is 0 Å². The Kier molecular flexibility index (Phi) is 2.51. The number of urea groups is 1. The zero-order valence-corrected chi connectivity index (χ0v) is 9.94. The number of amides is 3. The van der Waals surface area contributed by atoms with E-state index in [0.717, 1.165) is 4.90 Å². The van der Waals surface area contributed by atoms with E-state index in [1.54, 1.807) is 24.3 Å². The van der Waals surface area contributed by atoms with Crippen LogP contribution in [0.4, 0.5) is 10.5 Å². The van der Waals surface area contributed by atoms with E-state index in [0.29, 0.717) is 10.7 Å². The van der Waals surface area contributed by atoms with Crippen molar-refractivity contribution < 1.29 is 19.1 Å². The summed E-state index contributed by atoms with van der Waals surface area (Å²) in [5.41, 5.74) is 0.477. The first-order valence-electron chi connectivity index (χ1n) is 5.33. The molecule has 0 bridgehead atoms. The van der Waals surface area contributed by atoms with Crippen LogP contribution in [0.3, 0.4) is 0 Å². The van der Waals surface area contributed by atoms with Gasteiger partial charge in [0.15, 0.2) is 0 Å². The van der Waals surface area contributed by atoms with E-state index in [1.165, 1.54) is 0 Å². The number of hydrogen-bond acceptors (Lipinski definition) is 4. The molecule has 3 amide bonds. The molecule has 1 aromatic rings. The number of benzene rings is 1. The number of carbonyl (C=O) groups excluding carboxylic acids is 2. The van der Waals surface area contributed by atoms with Crippen LogP contribution in [0.2, 0.25) is 5.02 Å². The summed E-state index contributed by atoms with van der Waals surface area (Å²) in [5, 5.41) is 2.71. The Morgan fingerprint density at radius 3 is 2.39 bits per heavy atom. The predicted octanol–water partition coefficient (Wildman–Crippen LogP) is 1.10. The summed E-state index contributed by atoms with van der Waals surface area (Å²) in [7, 11) is 0. The molecule has 1 aromatic carbocycles. The van der Waals surface area contributed by atoms with E-state index in [9.17, 15) is 9.59 Å². The molecule has 2 saturated heterocycles. The van der Waals surface area contributed by atoms with Gasteiger partial charge in [0.25, 0.3) is 0 Å². The van der Waals surface area contributed by atoms with Crippen LogP contribution in [-0.2, 0) is 14.3 Å². The Labute approximate surface area is 107 Å². The summed E-state index contributed by atoms with van der Waals surface area (Å²) in [6, 6.07) is 5.90. The number of nitrogens with zero attached hydrogens (tertiary/aromatic N) is 1. The molecule has 1 N–H and O–H groups in total. The third-order valence-corrected chi connectivity index (χ3v) is 3.02. The second-order valence-corrected chi connectivity index (χ2v) is 4.29. The van der Waals surface area contributed by atoms with Crippen LogP contribution in [0.1, 0.15) is 0 Å². The van der Waals surface area contributed by atoms with E-state index in [-0.39, 0.29) is 13.2 Å². The molecule has 2 aliphatic rings. The zero-order valence-electron chi connectivity index (χ0n) is 9.18. The number of halogens is 1. The normalized spacial score (nSPS) is 21.7. The maximum atomic E-state index is 11.8. The number of rotatable bonds is 1. The number of hydrogen-bond donors (Lipinski definition) is 1. The molecule has 18 heavy (non-hydrogen) atoms. The SMILES string of the molecule is O=C1NC(=O)C2(OCCO2)N1c1ccc(Cl)cc1. The van der Waals surface area contributed by atoms with Gasteiger partial charge in [0, 0.05) is 5.02 Å². The Morgan fingerprint density at radius 2 is 1.78 bits per heavy atom. The van der Waals surface area contributed by atoms with E-state index in [1.807, 2.05) is 0 Å². The molecule has 3 rings (SSSR count). The Morgan fingerprint density at radius 1 is 1.17 bits per heavy atom. The lowest BCUT2D eigenvalue weighted by atomic mass is 10.3. The van der Waals surface area contributed by atoms with Crippen LogP contribution in [0.15, 0.2) is 24.3 Å². The molecule has 0 aliphatic carbocycles. The molecule has 7 heteroatoms. The first-order chi connectivity index (χ1) is 8.63. The second-order valence-electron chi connectivity index (χ2n) is 3.85. The van der Waals surface area contributed by atoms with Crippen molar-refractivity contribution >= 4 is 29.2 Å². The molecule has 0 aromatic heterocycles. The monoisotopic (exact) mass is 268 g/mol. The smallest absolute Gasteiger partial charge is 0.322 e. The van der Waals surface area contributed by atoms with Gasteiger partial charge in [-0.05, 0) is 24.3 Å². The van der Waals surface area contributed by atoms with Crippen molar-refractivity contribution in [3.05, 3.63) is 29.3 Å². The lowest BCUT2D eigenvalue weighted by Crippen LogP contribution is -2.51. The Bertz CT molecular complexity index is 510. The number of anilines is 1. The van der Waals surface area contributed by atoms with Gasteiger partial charge in [-0.25, -0.2) is 9.69 Å². The second kappa shape index (κ2) is 3.94. The van der Waals surface area contributed by atoms with E-state index in [4.69, 9.17) is 21.1 Å². The summed E-state index contributed by atoms with van der Waals surface area (Å²) >= 11 is 5.79. The number of carbonyl (C=O) groups is 2. The molecule has 0 unspecified atom stereocenters. The standard InChI is InChI=1S/C11H9ClN2O4/c12-7-1-3-8(4-2-7)14-10(16)13-9(15)11(14)17-5-6-18-11/h1-4H,5-6H2,(H,13,15,16). The Hall–Kier alpha value is -1.63. The van der Waals surface area contributed by atoms with Gasteiger partial charge < -0.3 is 9.47 Å². The topological polar surface area (TPSA) is 67.9 Å². The number of imide groups is 1. The van der Waals surface area contributed by atoms with Gasteiger partial charge in [0.05, 0.1) is 18.9 Å². The summed E-state index contributed by atoms with van der Waals surface area (Å²) in [4.78, 5) is 24.8. The molecule has 2 heterocycles. The van der Waals surface area contributed by atoms with E-state index < -0.39 is 17.8 Å². The minimum atomic E-state index is -1.68. The predicted molar refractivity (Wildman–Crippen MR) is 62.1 cm³/mol. The molecular formula is C11H9ClN2O4. The van der Waals surface area contributed by atoms with Crippen LogP contribution < -0.4 is 10.2 Å². The van der Waals surface area contributed by atoms with Crippen molar-refractivity contribution in [1.82, 2.24) is 5.32 Å². The highest BCUT2D eigenvalue weighted by Gasteiger charge is 2.59. The molecule has 94 valence electrons. The van der Waals surface area contributed by atoms with Crippen molar-refractivity contribution in [2.24, 2.45) is 0 Å². The molecule has 0 atom stereocenters. The van der Waals surface area contributed by atoms with Gasteiger partial charge in [0.1, 0.15) is 0 Å². The average molecular weight is 269 g/mol. The third-order valence-electron chi connectivity index (χ3n) is 2.77. The van der Waals surface area contributed by atoms with E-state index >= 15 is 0 Å². The molecule has 0 saturated carbocycles. The van der Waals surface area contributed by atoms with Crippen molar-refractivity contribution in [2.45, 2.75) is 5.91 Å². The van der Waals surface area contributed by atoms with Gasteiger partial charge in [-0.2, -0.15) is 0 Å². The maximum absolute atomic E-state index is 11.8. The molecular weight excluding hydrogens is 260 g/mol. The molecule has 6 nitrogen and oxygen atoms in total. The number of nitrogens with one attached hydrogen (secondary N) is 1. The first-order valence-corrected chi connectivity index (χ1v) is 5.70. The fourth-order valence-electron chi connectivity index (χ4n) is 2.01. The van der Waals surface area contributed by atoms with Crippen molar-refractivity contribution in [2.75, 3.05) is 18.1 Å². The quantitative estimate of drug-likeness (QED) is 0.775. The third kappa shape index (κ3) is 1.50. The summed E-state index contributed by atoms with van der Waals surface area (Å²) < 4.78 is 10.6. The first kappa shape index (κ1) is 11.5. The van der Waals surface area contributed by atoms with Gasteiger partial charge in [-0.1, -0.05) is 11.6 Å². The van der Waals surface area contributed by atoms with Crippen LogP contribution >= 0.6 is 11.6 Å². The van der Waals surface area contributed by atoms with Crippen LogP contribution in [0.5, 0.6) is 0 Å². The van der Waals surface area contributed by atoms with Crippen molar-refractivity contribution in [1.29, 1.82) is 0 Å². The lowest BCUT2D eigenvalue weighted by molar-refractivity contribution is -0.172.